The van der Waals surface area contributed by atoms with E-state index in [2.05, 4.69) is 27.1 Å². The second kappa shape index (κ2) is 2.29. The van der Waals surface area contributed by atoms with E-state index in [1.54, 1.807) is 0 Å². The highest BCUT2D eigenvalue weighted by Gasteiger charge is 2.08. The lowest BCUT2D eigenvalue weighted by Crippen LogP contribution is -1.83. The van der Waals surface area contributed by atoms with Gasteiger partial charge >= 0.3 is 0 Å². The molecule has 0 fully saturated rings. The monoisotopic (exact) mass is 189 g/mol. The average molecular weight is 189 g/mol. The zero-order chi connectivity index (χ0) is 8.84. The first-order chi connectivity index (χ1) is 6.33. The molecule has 1 aromatic carbocycles. The third-order valence-corrected chi connectivity index (χ3v) is 2.47. The number of hydrogen-bond donors (Lipinski definition) is 2. The Bertz CT molecular complexity index is 562. The first-order valence-corrected chi connectivity index (χ1v) is 4.48. The topological polar surface area (TPSA) is 43.9 Å². The normalized spacial score (nSPS) is 13.8. The maximum atomic E-state index is 5.01. The molecule has 0 radical (unpaired) electrons. The van der Waals surface area contributed by atoms with Crippen LogP contribution < -0.4 is 0 Å². The molecule has 0 amide bonds. The van der Waals surface area contributed by atoms with Crippen LogP contribution in [0.4, 0.5) is 0 Å². The lowest BCUT2D eigenvalue weighted by molar-refractivity contribution is 1.11. The molecule has 0 atom stereocenters. The Hall–Kier alpha value is -1.42. The fourth-order valence-electron chi connectivity index (χ4n) is 1.64. The van der Waals surface area contributed by atoms with E-state index in [1.165, 1.54) is 11.1 Å². The van der Waals surface area contributed by atoms with E-state index in [1.807, 2.05) is 6.21 Å². The number of benzene rings is 1. The Morgan fingerprint density at radius 2 is 2.00 bits per heavy atom. The summed E-state index contributed by atoms with van der Waals surface area (Å²) in [7, 11) is 0. The number of fused-ring (bicyclic) bond motifs is 2. The SMILES string of the molecule is S=c1[nH]c2cc3c(cc2[nH]1)CN=C3. The van der Waals surface area contributed by atoms with Gasteiger partial charge < -0.3 is 9.97 Å². The summed E-state index contributed by atoms with van der Waals surface area (Å²) in [5, 5.41) is 0. The lowest BCUT2D eigenvalue weighted by Gasteiger charge is -1.95. The number of hydrogen-bond acceptors (Lipinski definition) is 2. The Morgan fingerprint density at radius 3 is 2.85 bits per heavy atom. The fourth-order valence-corrected chi connectivity index (χ4v) is 1.86. The van der Waals surface area contributed by atoms with E-state index in [4.69, 9.17) is 12.2 Å². The van der Waals surface area contributed by atoms with Crippen molar-refractivity contribution in [3.8, 4) is 0 Å². The molecule has 1 aromatic heterocycles. The van der Waals surface area contributed by atoms with Gasteiger partial charge in [0.2, 0.25) is 0 Å². The van der Waals surface area contributed by atoms with Gasteiger partial charge in [0, 0.05) is 6.21 Å². The molecule has 1 aliphatic heterocycles. The Labute approximate surface area is 79.5 Å². The number of aromatic nitrogens is 2. The molecular formula is C9H7N3S. The van der Waals surface area contributed by atoms with Crippen LogP contribution in [0.2, 0.25) is 0 Å². The zero-order valence-corrected chi connectivity index (χ0v) is 7.61. The first-order valence-electron chi connectivity index (χ1n) is 4.08. The van der Waals surface area contributed by atoms with E-state index < -0.39 is 0 Å². The number of nitrogens with zero attached hydrogens (tertiary/aromatic N) is 1. The van der Waals surface area contributed by atoms with Crippen molar-refractivity contribution >= 4 is 29.5 Å². The summed E-state index contributed by atoms with van der Waals surface area (Å²) in [6.07, 6.45) is 1.90. The van der Waals surface area contributed by atoms with E-state index >= 15 is 0 Å². The zero-order valence-electron chi connectivity index (χ0n) is 6.79. The van der Waals surface area contributed by atoms with Crippen molar-refractivity contribution in [3.05, 3.63) is 28.0 Å². The summed E-state index contributed by atoms with van der Waals surface area (Å²) < 4.78 is 0.676. The molecule has 2 heterocycles. The Morgan fingerprint density at radius 1 is 1.23 bits per heavy atom. The van der Waals surface area contributed by atoms with Crippen LogP contribution in [-0.4, -0.2) is 16.2 Å². The summed E-state index contributed by atoms with van der Waals surface area (Å²) >= 11 is 5.01. The smallest absolute Gasteiger partial charge is 0.175 e. The Balaban J connectivity index is 2.45. The van der Waals surface area contributed by atoms with Crippen molar-refractivity contribution in [2.75, 3.05) is 0 Å². The number of aromatic amines is 2. The third kappa shape index (κ3) is 0.954. The predicted octanol–water partition coefficient (Wildman–Crippen LogP) is 2.16. The van der Waals surface area contributed by atoms with Gasteiger partial charge in [0.1, 0.15) is 0 Å². The molecule has 0 saturated heterocycles. The van der Waals surface area contributed by atoms with Crippen molar-refractivity contribution in [2.24, 2.45) is 4.99 Å². The van der Waals surface area contributed by atoms with E-state index in [-0.39, 0.29) is 0 Å². The summed E-state index contributed by atoms with van der Waals surface area (Å²) in [6, 6.07) is 4.18. The second-order valence-electron chi connectivity index (χ2n) is 3.15. The van der Waals surface area contributed by atoms with Crippen LogP contribution in [0.15, 0.2) is 17.1 Å². The molecule has 2 aromatic rings. The fraction of sp³-hybridized carbons (Fsp3) is 0.111. The van der Waals surface area contributed by atoms with Gasteiger partial charge in [0.15, 0.2) is 4.77 Å². The maximum absolute atomic E-state index is 5.01. The molecular weight excluding hydrogens is 182 g/mol. The van der Waals surface area contributed by atoms with E-state index in [9.17, 15) is 0 Å². The summed E-state index contributed by atoms with van der Waals surface area (Å²) in [5.74, 6) is 0. The van der Waals surface area contributed by atoms with Gasteiger partial charge in [-0.15, -0.1) is 0 Å². The van der Waals surface area contributed by atoms with Crippen LogP contribution >= 0.6 is 12.2 Å². The first kappa shape index (κ1) is 7.03. The highest BCUT2D eigenvalue weighted by Crippen LogP contribution is 2.20. The van der Waals surface area contributed by atoms with Gasteiger partial charge in [-0.05, 0) is 35.5 Å². The summed E-state index contributed by atoms with van der Waals surface area (Å²) in [6.45, 7) is 0.789. The van der Waals surface area contributed by atoms with Gasteiger partial charge in [-0.3, -0.25) is 4.99 Å². The molecule has 2 N–H and O–H groups in total. The third-order valence-electron chi connectivity index (χ3n) is 2.27. The van der Waals surface area contributed by atoms with Gasteiger partial charge in [-0.1, -0.05) is 0 Å². The highest BCUT2D eigenvalue weighted by molar-refractivity contribution is 7.71. The number of imidazole rings is 1. The minimum atomic E-state index is 0.676. The van der Waals surface area contributed by atoms with Crippen LogP contribution in [0.25, 0.3) is 11.0 Å². The number of aliphatic imine (C=N–C) groups is 1. The summed E-state index contributed by atoms with van der Waals surface area (Å²) in [5.41, 5.74) is 4.57. The average Bonchev–Trinajstić information content (AvgIpc) is 2.63. The van der Waals surface area contributed by atoms with E-state index in [0.717, 1.165) is 17.6 Å². The molecule has 13 heavy (non-hydrogen) atoms. The second-order valence-corrected chi connectivity index (χ2v) is 3.55. The van der Waals surface area contributed by atoms with Crippen LogP contribution in [0.5, 0.6) is 0 Å². The molecule has 4 heteroatoms. The molecule has 3 rings (SSSR count). The largest absolute Gasteiger partial charge is 0.331 e. The molecule has 3 nitrogen and oxygen atoms in total. The number of rotatable bonds is 0. The van der Waals surface area contributed by atoms with Crippen molar-refractivity contribution < 1.29 is 0 Å². The highest BCUT2D eigenvalue weighted by atomic mass is 32.1. The van der Waals surface area contributed by atoms with Crippen LogP contribution in [0, 0.1) is 4.77 Å². The molecule has 64 valence electrons. The minimum absolute atomic E-state index is 0.676. The quantitative estimate of drug-likeness (QED) is 0.613. The van der Waals surface area contributed by atoms with Gasteiger partial charge in [-0.25, -0.2) is 0 Å². The minimum Gasteiger partial charge on any atom is -0.331 e. The van der Waals surface area contributed by atoms with Crippen molar-refractivity contribution in [2.45, 2.75) is 6.54 Å². The Kier molecular flexibility index (Phi) is 1.24. The van der Waals surface area contributed by atoms with Crippen molar-refractivity contribution in [3.63, 3.8) is 0 Å². The van der Waals surface area contributed by atoms with Crippen molar-refractivity contribution in [1.82, 2.24) is 9.97 Å². The predicted molar refractivity (Wildman–Crippen MR) is 54.8 cm³/mol. The van der Waals surface area contributed by atoms with Crippen molar-refractivity contribution in [1.29, 1.82) is 0 Å². The van der Waals surface area contributed by atoms with Crippen LogP contribution in [0.3, 0.4) is 0 Å². The maximum Gasteiger partial charge on any atom is 0.175 e. The molecule has 0 saturated carbocycles. The molecule has 0 aliphatic carbocycles. The number of H-pyrrole nitrogens is 2. The number of nitrogens with one attached hydrogen (secondary N) is 2. The van der Waals surface area contributed by atoms with Gasteiger partial charge in [-0.2, -0.15) is 0 Å². The molecule has 1 aliphatic rings. The molecule has 0 spiro atoms. The van der Waals surface area contributed by atoms with Gasteiger partial charge in [0.25, 0.3) is 0 Å². The standard InChI is InChI=1S/C9H7N3S/c13-9-11-7-1-5-3-10-4-6(5)2-8(7)12-9/h1-3H,4H2,(H2,11,12,13). The molecule has 0 unspecified atom stereocenters. The van der Waals surface area contributed by atoms with Crippen LogP contribution in [-0.2, 0) is 6.54 Å². The van der Waals surface area contributed by atoms with Gasteiger partial charge in [0.05, 0.1) is 17.6 Å². The van der Waals surface area contributed by atoms with Crippen LogP contribution in [0.1, 0.15) is 11.1 Å². The molecule has 0 bridgehead atoms. The van der Waals surface area contributed by atoms with E-state index in [0.29, 0.717) is 4.77 Å². The lowest BCUT2D eigenvalue weighted by atomic mass is 10.1. The summed E-state index contributed by atoms with van der Waals surface area (Å²) in [4.78, 5) is 10.4.